The highest BCUT2D eigenvalue weighted by atomic mass is 35.5. The number of para-hydroxylation sites is 1. The Labute approximate surface area is 169 Å². The van der Waals surface area contributed by atoms with Crippen molar-refractivity contribution in [3.05, 3.63) is 63.2 Å². The molecular formula is C20H23ClN4O3. The van der Waals surface area contributed by atoms with E-state index in [1.54, 1.807) is 6.07 Å². The fraction of sp³-hybridized carbons (Fsp3) is 0.350. The normalized spacial score (nSPS) is 14.7. The van der Waals surface area contributed by atoms with E-state index in [1.165, 1.54) is 12.1 Å². The monoisotopic (exact) mass is 402 g/mol. The molecule has 0 atom stereocenters. The molecule has 0 unspecified atom stereocenters. The fourth-order valence-electron chi connectivity index (χ4n) is 3.36. The third-order valence-electron chi connectivity index (χ3n) is 4.89. The van der Waals surface area contributed by atoms with Crippen molar-refractivity contribution in [3.8, 4) is 0 Å². The molecule has 28 heavy (non-hydrogen) atoms. The Bertz CT molecular complexity index is 866. The molecule has 0 spiro atoms. The zero-order chi connectivity index (χ0) is 20.1. The summed E-state index contributed by atoms with van der Waals surface area (Å²) in [6, 6.07) is 12.4. The van der Waals surface area contributed by atoms with Gasteiger partial charge in [0, 0.05) is 44.0 Å². The summed E-state index contributed by atoms with van der Waals surface area (Å²) in [5.74, 6) is -0.0253. The van der Waals surface area contributed by atoms with Gasteiger partial charge in [-0.2, -0.15) is 0 Å². The van der Waals surface area contributed by atoms with E-state index >= 15 is 0 Å². The second kappa shape index (κ2) is 9.03. The molecule has 2 aromatic carbocycles. The number of aryl methyl sites for hydroxylation is 1. The number of halogens is 1. The number of hydrogen-bond acceptors (Lipinski definition) is 5. The van der Waals surface area contributed by atoms with Gasteiger partial charge in [0.1, 0.15) is 0 Å². The zero-order valence-corrected chi connectivity index (χ0v) is 16.5. The smallest absolute Gasteiger partial charge is 0.271 e. The van der Waals surface area contributed by atoms with Gasteiger partial charge in [-0.05, 0) is 24.1 Å². The van der Waals surface area contributed by atoms with Crippen LogP contribution in [-0.4, -0.2) is 48.5 Å². The fourth-order valence-corrected chi connectivity index (χ4v) is 3.65. The molecule has 0 saturated carbocycles. The van der Waals surface area contributed by atoms with Gasteiger partial charge in [0.25, 0.3) is 5.69 Å². The summed E-state index contributed by atoms with van der Waals surface area (Å²) in [5.41, 5.74) is 2.75. The van der Waals surface area contributed by atoms with Crippen molar-refractivity contribution >= 4 is 34.6 Å². The van der Waals surface area contributed by atoms with E-state index in [0.717, 1.165) is 36.4 Å². The topological polar surface area (TPSA) is 78.7 Å². The number of rotatable bonds is 6. The first-order chi connectivity index (χ1) is 13.5. The van der Waals surface area contributed by atoms with Crippen LogP contribution in [0.2, 0.25) is 5.02 Å². The van der Waals surface area contributed by atoms with Gasteiger partial charge < -0.3 is 10.2 Å². The summed E-state index contributed by atoms with van der Waals surface area (Å²) in [6.45, 7) is 5.24. The quantitative estimate of drug-likeness (QED) is 0.590. The second-order valence-corrected chi connectivity index (χ2v) is 7.12. The van der Waals surface area contributed by atoms with E-state index in [0.29, 0.717) is 24.7 Å². The molecule has 1 amide bonds. The first-order valence-electron chi connectivity index (χ1n) is 9.27. The molecule has 8 heteroatoms. The highest BCUT2D eigenvalue weighted by Crippen LogP contribution is 2.30. The Morgan fingerprint density at radius 1 is 1.18 bits per heavy atom. The summed E-state index contributed by atoms with van der Waals surface area (Å²) in [6.07, 6.45) is 0.866. The minimum Gasteiger partial charge on any atom is -0.368 e. The molecule has 1 N–H and O–H groups in total. The largest absolute Gasteiger partial charge is 0.368 e. The molecule has 1 saturated heterocycles. The van der Waals surface area contributed by atoms with Crippen molar-refractivity contribution in [1.82, 2.24) is 4.90 Å². The molecule has 3 rings (SSSR count). The lowest BCUT2D eigenvalue weighted by atomic mass is 10.1. The number of nitrogens with zero attached hydrogens (tertiary/aromatic N) is 3. The summed E-state index contributed by atoms with van der Waals surface area (Å²) < 4.78 is 0. The van der Waals surface area contributed by atoms with Crippen LogP contribution in [0.3, 0.4) is 0 Å². The molecule has 7 nitrogen and oxygen atoms in total. The van der Waals surface area contributed by atoms with Crippen molar-refractivity contribution in [2.24, 2.45) is 0 Å². The van der Waals surface area contributed by atoms with Crippen molar-refractivity contribution in [1.29, 1.82) is 0 Å². The third kappa shape index (κ3) is 4.79. The summed E-state index contributed by atoms with van der Waals surface area (Å²) in [5, 5.41) is 14.2. The van der Waals surface area contributed by atoms with Gasteiger partial charge in [0.2, 0.25) is 5.91 Å². The first-order valence-corrected chi connectivity index (χ1v) is 9.64. The Balaban J connectivity index is 1.54. The molecule has 0 aliphatic carbocycles. The standard InChI is InChI=1S/C20H23ClN4O3/c1-2-15-5-3-4-6-18(15)22-20(26)14-23-9-11-24(12-10-23)19-8-7-16(25(27)28)13-17(19)21/h3-8,13H,2,9-12,14H2,1H3,(H,22,26). The van der Waals surface area contributed by atoms with E-state index in [2.05, 4.69) is 22.0 Å². The zero-order valence-electron chi connectivity index (χ0n) is 15.7. The Morgan fingerprint density at radius 3 is 2.54 bits per heavy atom. The van der Waals surface area contributed by atoms with E-state index in [1.807, 2.05) is 24.3 Å². The Kier molecular flexibility index (Phi) is 6.49. The van der Waals surface area contributed by atoms with Crippen LogP contribution in [0.5, 0.6) is 0 Å². The van der Waals surface area contributed by atoms with Gasteiger partial charge in [-0.25, -0.2) is 0 Å². The molecule has 148 valence electrons. The van der Waals surface area contributed by atoms with Crippen molar-refractivity contribution in [2.75, 3.05) is 42.9 Å². The van der Waals surface area contributed by atoms with E-state index < -0.39 is 4.92 Å². The van der Waals surface area contributed by atoms with Crippen LogP contribution in [0.25, 0.3) is 0 Å². The Hall–Kier alpha value is -2.64. The number of benzene rings is 2. The van der Waals surface area contributed by atoms with Crippen LogP contribution >= 0.6 is 11.6 Å². The van der Waals surface area contributed by atoms with Crippen molar-refractivity contribution in [2.45, 2.75) is 13.3 Å². The molecule has 2 aromatic rings. The second-order valence-electron chi connectivity index (χ2n) is 6.71. The average molecular weight is 403 g/mol. The molecule has 0 bridgehead atoms. The number of carbonyl (C=O) groups excluding carboxylic acids is 1. The highest BCUT2D eigenvalue weighted by molar-refractivity contribution is 6.33. The lowest BCUT2D eigenvalue weighted by molar-refractivity contribution is -0.384. The molecule has 0 aromatic heterocycles. The number of nitro groups is 1. The van der Waals surface area contributed by atoms with Gasteiger partial charge in [-0.3, -0.25) is 19.8 Å². The number of nitrogens with one attached hydrogen (secondary N) is 1. The number of anilines is 2. The summed E-state index contributed by atoms with van der Waals surface area (Å²) in [7, 11) is 0. The number of non-ortho nitro benzene ring substituents is 1. The van der Waals surface area contributed by atoms with E-state index in [4.69, 9.17) is 11.6 Å². The number of hydrogen-bond donors (Lipinski definition) is 1. The van der Waals surface area contributed by atoms with Crippen LogP contribution in [0, 0.1) is 10.1 Å². The van der Waals surface area contributed by atoms with Gasteiger partial charge in [0.05, 0.1) is 22.2 Å². The summed E-state index contributed by atoms with van der Waals surface area (Å²) in [4.78, 5) is 27.0. The molecule has 1 heterocycles. The highest BCUT2D eigenvalue weighted by Gasteiger charge is 2.22. The lowest BCUT2D eigenvalue weighted by Gasteiger charge is -2.36. The summed E-state index contributed by atoms with van der Waals surface area (Å²) >= 11 is 6.22. The number of carbonyl (C=O) groups is 1. The van der Waals surface area contributed by atoms with Gasteiger partial charge in [-0.15, -0.1) is 0 Å². The van der Waals surface area contributed by atoms with Crippen LogP contribution in [0.4, 0.5) is 17.1 Å². The average Bonchev–Trinajstić information content (AvgIpc) is 2.69. The van der Waals surface area contributed by atoms with Crippen LogP contribution in [0.1, 0.15) is 12.5 Å². The van der Waals surface area contributed by atoms with Crippen LogP contribution < -0.4 is 10.2 Å². The SMILES string of the molecule is CCc1ccccc1NC(=O)CN1CCN(c2ccc([N+](=O)[O-])cc2Cl)CC1. The molecule has 1 aliphatic rings. The minimum atomic E-state index is -0.455. The maximum Gasteiger partial charge on any atom is 0.271 e. The Morgan fingerprint density at radius 2 is 1.89 bits per heavy atom. The maximum absolute atomic E-state index is 12.4. The molecular weight excluding hydrogens is 380 g/mol. The van der Waals surface area contributed by atoms with Crippen molar-refractivity contribution in [3.63, 3.8) is 0 Å². The van der Waals surface area contributed by atoms with Crippen molar-refractivity contribution < 1.29 is 9.72 Å². The predicted octanol–water partition coefficient (Wildman–Crippen LogP) is 3.57. The van der Waals surface area contributed by atoms with Gasteiger partial charge >= 0.3 is 0 Å². The lowest BCUT2D eigenvalue weighted by Crippen LogP contribution is -2.48. The third-order valence-corrected chi connectivity index (χ3v) is 5.20. The molecule has 1 aliphatic heterocycles. The minimum absolute atomic E-state index is 0.0172. The number of amides is 1. The maximum atomic E-state index is 12.4. The van der Waals surface area contributed by atoms with Gasteiger partial charge in [-0.1, -0.05) is 36.7 Å². The van der Waals surface area contributed by atoms with E-state index in [9.17, 15) is 14.9 Å². The number of nitro benzene ring substituents is 1. The predicted molar refractivity (Wildman–Crippen MR) is 111 cm³/mol. The van der Waals surface area contributed by atoms with Gasteiger partial charge in [0.15, 0.2) is 0 Å². The van der Waals surface area contributed by atoms with E-state index in [-0.39, 0.29) is 11.6 Å². The van der Waals surface area contributed by atoms with Crippen LogP contribution in [-0.2, 0) is 11.2 Å². The molecule has 1 fully saturated rings. The number of piperazine rings is 1. The van der Waals surface area contributed by atoms with Crippen LogP contribution in [0.15, 0.2) is 42.5 Å². The molecule has 0 radical (unpaired) electrons. The first kappa shape index (κ1) is 20.1.